The third-order valence-electron chi connectivity index (χ3n) is 2.27. The second kappa shape index (κ2) is 4.62. The maximum atomic E-state index is 13.3. The number of rotatable bonds is 3. The molecule has 2 atom stereocenters. The number of aromatic nitrogens is 2. The summed E-state index contributed by atoms with van der Waals surface area (Å²) in [5, 5.41) is 17.3. The van der Waals surface area contributed by atoms with Crippen LogP contribution in [0.1, 0.15) is 6.23 Å². The average molecular weight is 243 g/mol. The van der Waals surface area contributed by atoms with Gasteiger partial charge in [-0.2, -0.15) is 4.98 Å². The fraction of sp³-hybridized carbons (Fsp3) is 0.333. The second-order valence-electron chi connectivity index (χ2n) is 3.37. The maximum absolute atomic E-state index is 13.3. The van der Waals surface area contributed by atoms with Gasteiger partial charge in [0.1, 0.15) is 6.10 Å². The van der Waals surface area contributed by atoms with E-state index >= 15 is 0 Å². The Hall–Kier alpha value is -1.77. The molecule has 92 valence electrons. The summed E-state index contributed by atoms with van der Waals surface area (Å²) in [6, 6.07) is 0. The molecule has 1 aromatic rings. The van der Waals surface area contributed by atoms with Gasteiger partial charge in [0.05, 0.1) is 12.8 Å². The fourth-order valence-corrected chi connectivity index (χ4v) is 1.46. The first-order valence-electron chi connectivity index (χ1n) is 4.79. The van der Waals surface area contributed by atoms with Gasteiger partial charge < -0.3 is 9.84 Å². The highest BCUT2D eigenvalue weighted by Gasteiger charge is 2.22. The first-order valence-corrected chi connectivity index (χ1v) is 4.79. The van der Waals surface area contributed by atoms with Gasteiger partial charge in [0.15, 0.2) is 17.9 Å². The molecular formula is C9H10FN3O4. The number of hydrogen-bond acceptors (Lipinski definition) is 6. The van der Waals surface area contributed by atoms with Crippen LogP contribution in [0.25, 0.3) is 0 Å². The molecular weight excluding hydrogens is 233 g/mol. The lowest BCUT2D eigenvalue weighted by atomic mass is 10.4. The third-order valence-corrected chi connectivity index (χ3v) is 2.27. The van der Waals surface area contributed by atoms with Crippen molar-refractivity contribution >= 4 is 5.82 Å². The van der Waals surface area contributed by atoms with Gasteiger partial charge in [0.2, 0.25) is 0 Å². The average Bonchev–Trinajstić information content (AvgIpc) is 2.80. The van der Waals surface area contributed by atoms with E-state index in [1.807, 2.05) is 0 Å². The Morgan fingerprint density at radius 1 is 1.59 bits per heavy atom. The lowest BCUT2D eigenvalue weighted by molar-refractivity contribution is -0.0107. The normalized spacial score (nSPS) is 23.0. The maximum Gasteiger partial charge on any atom is 0.352 e. The van der Waals surface area contributed by atoms with Crippen LogP contribution in [0, 0.1) is 5.82 Å². The quantitative estimate of drug-likeness (QED) is 0.495. The monoisotopic (exact) mass is 243 g/mol. The van der Waals surface area contributed by atoms with Crippen molar-refractivity contribution in [2.24, 2.45) is 0 Å². The molecule has 0 radical (unpaired) electrons. The van der Waals surface area contributed by atoms with Crippen LogP contribution in [0.4, 0.5) is 10.2 Å². The Balaban J connectivity index is 2.32. The van der Waals surface area contributed by atoms with Crippen molar-refractivity contribution in [3.63, 3.8) is 0 Å². The zero-order chi connectivity index (χ0) is 12.4. The first kappa shape index (κ1) is 11.7. The van der Waals surface area contributed by atoms with Gasteiger partial charge in [0, 0.05) is 0 Å². The lowest BCUT2D eigenvalue weighted by Gasteiger charge is -2.15. The Morgan fingerprint density at radius 2 is 2.35 bits per heavy atom. The Kier molecular flexibility index (Phi) is 3.18. The molecule has 0 unspecified atom stereocenters. The molecule has 1 aliphatic rings. The van der Waals surface area contributed by atoms with Gasteiger partial charge in [-0.25, -0.2) is 14.7 Å². The molecule has 0 bridgehead atoms. The van der Waals surface area contributed by atoms with Crippen LogP contribution in [-0.2, 0) is 4.74 Å². The molecule has 0 amide bonds. The summed E-state index contributed by atoms with van der Waals surface area (Å²) in [5.41, 5.74) is 0.694. The number of nitrogens with one attached hydrogen (secondary N) is 1. The van der Waals surface area contributed by atoms with E-state index in [2.05, 4.69) is 4.98 Å². The molecule has 3 N–H and O–H groups in total. The molecule has 7 nitrogen and oxygen atoms in total. The molecule has 17 heavy (non-hydrogen) atoms. The van der Waals surface area contributed by atoms with Gasteiger partial charge in [-0.1, -0.05) is 6.08 Å². The first-order chi connectivity index (χ1) is 8.15. The minimum absolute atomic E-state index is 0.228. The predicted octanol–water partition coefficient (Wildman–Crippen LogP) is -0.371. The number of halogens is 1. The van der Waals surface area contributed by atoms with E-state index in [9.17, 15) is 9.18 Å². The van der Waals surface area contributed by atoms with E-state index in [-0.39, 0.29) is 6.61 Å². The van der Waals surface area contributed by atoms with Crippen LogP contribution in [0.2, 0.25) is 0 Å². The van der Waals surface area contributed by atoms with E-state index < -0.39 is 29.7 Å². The molecule has 0 fully saturated rings. The van der Waals surface area contributed by atoms with E-state index in [4.69, 9.17) is 15.1 Å². The molecule has 0 aliphatic carbocycles. The van der Waals surface area contributed by atoms with Crippen molar-refractivity contribution in [1.29, 1.82) is 0 Å². The number of ether oxygens (including phenoxy) is 1. The molecule has 8 heteroatoms. The summed E-state index contributed by atoms with van der Waals surface area (Å²) < 4.78 is 19.4. The topological polar surface area (TPSA) is 96.6 Å². The van der Waals surface area contributed by atoms with Crippen LogP contribution in [0.5, 0.6) is 0 Å². The second-order valence-corrected chi connectivity index (χ2v) is 3.37. The van der Waals surface area contributed by atoms with E-state index in [1.54, 1.807) is 6.08 Å². The number of aliphatic hydroxyl groups excluding tert-OH is 1. The summed E-state index contributed by atoms with van der Waals surface area (Å²) >= 11 is 0. The van der Waals surface area contributed by atoms with Crippen LogP contribution < -0.4 is 11.2 Å². The zero-order valence-electron chi connectivity index (χ0n) is 8.58. The van der Waals surface area contributed by atoms with Crippen molar-refractivity contribution in [2.75, 3.05) is 12.1 Å². The summed E-state index contributed by atoms with van der Waals surface area (Å²) in [6.45, 7) is -0.228. The molecule has 0 saturated heterocycles. The Morgan fingerprint density at radius 3 is 2.94 bits per heavy atom. The number of hydrogen-bond donors (Lipinski definition) is 3. The van der Waals surface area contributed by atoms with Crippen molar-refractivity contribution in [3.05, 3.63) is 34.7 Å². The van der Waals surface area contributed by atoms with Crippen molar-refractivity contribution < 1.29 is 19.4 Å². The van der Waals surface area contributed by atoms with Gasteiger partial charge in [-0.05, 0) is 6.08 Å². The lowest BCUT2D eigenvalue weighted by Crippen LogP contribution is -2.29. The third kappa shape index (κ3) is 2.18. The van der Waals surface area contributed by atoms with Crippen LogP contribution in [0.3, 0.4) is 0 Å². The predicted molar refractivity (Wildman–Crippen MR) is 54.0 cm³/mol. The minimum Gasteiger partial charge on any atom is -0.393 e. The molecule has 0 aromatic carbocycles. The van der Waals surface area contributed by atoms with Gasteiger partial charge >= 0.3 is 5.69 Å². The molecule has 0 spiro atoms. The summed E-state index contributed by atoms with van der Waals surface area (Å²) in [7, 11) is 0. The molecule has 2 heterocycles. The fourth-order valence-electron chi connectivity index (χ4n) is 1.46. The molecule has 1 aromatic heterocycles. The van der Waals surface area contributed by atoms with Gasteiger partial charge in [-0.3, -0.25) is 9.77 Å². The Labute approximate surface area is 94.7 Å². The summed E-state index contributed by atoms with van der Waals surface area (Å²) in [6.07, 6.45) is 2.60. The number of aliphatic hydroxyl groups is 1. The molecule has 0 saturated carbocycles. The van der Waals surface area contributed by atoms with E-state index in [1.165, 1.54) is 11.6 Å². The summed E-state index contributed by atoms with van der Waals surface area (Å²) in [5.74, 6) is -1.44. The van der Waals surface area contributed by atoms with E-state index in [0.29, 0.717) is 0 Å². The van der Waals surface area contributed by atoms with Crippen LogP contribution >= 0.6 is 0 Å². The SMILES string of the molecule is O=c1nc(NO)c(F)cn1[C@H]1C=C[C@@H](CO)O1. The van der Waals surface area contributed by atoms with Crippen molar-refractivity contribution in [2.45, 2.75) is 12.3 Å². The largest absolute Gasteiger partial charge is 0.393 e. The standard InChI is InChI=1S/C9H10FN3O4/c10-6-3-13(9(15)11-8(6)12-16)7-2-1-5(4-14)17-7/h1-3,5,7,14,16H,4H2,(H,11,12,15)/t5-,7+/m0/s1. The van der Waals surface area contributed by atoms with Crippen LogP contribution in [-0.4, -0.2) is 32.6 Å². The van der Waals surface area contributed by atoms with Gasteiger partial charge in [-0.15, -0.1) is 0 Å². The Bertz CT molecular complexity index is 502. The van der Waals surface area contributed by atoms with Crippen LogP contribution in [0.15, 0.2) is 23.1 Å². The minimum atomic E-state index is -0.892. The summed E-state index contributed by atoms with van der Waals surface area (Å²) in [4.78, 5) is 14.8. The zero-order valence-corrected chi connectivity index (χ0v) is 8.58. The van der Waals surface area contributed by atoms with Crippen molar-refractivity contribution in [3.8, 4) is 0 Å². The highest BCUT2D eigenvalue weighted by Crippen LogP contribution is 2.20. The highest BCUT2D eigenvalue weighted by atomic mass is 19.1. The van der Waals surface area contributed by atoms with Crippen molar-refractivity contribution in [1.82, 2.24) is 9.55 Å². The van der Waals surface area contributed by atoms with Gasteiger partial charge in [0.25, 0.3) is 0 Å². The number of anilines is 1. The highest BCUT2D eigenvalue weighted by molar-refractivity contribution is 5.30. The number of nitrogens with zero attached hydrogens (tertiary/aromatic N) is 2. The van der Waals surface area contributed by atoms with E-state index in [0.717, 1.165) is 10.8 Å². The molecule has 1 aliphatic heterocycles. The smallest absolute Gasteiger partial charge is 0.352 e. The molecule has 2 rings (SSSR count).